The molecule has 134 valence electrons. The fourth-order valence-corrected chi connectivity index (χ4v) is 2.09. The lowest BCUT2D eigenvalue weighted by atomic mass is 10.2. The van der Waals surface area contributed by atoms with E-state index in [4.69, 9.17) is 0 Å². The van der Waals surface area contributed by atoms with Crippen molar-refractivity contribution in [3.63, 3.8) is 0 Å². The number of hydrogen-bond donors (Lipinski definition) is 3. The third kappa shape index (κ3) is 6.57. The Balaban J connectivity index is 2.42. The molecule has 3 N–H and O–H groups in total. The number of benzene rings is 1. The second-order valence-electron chi connectivity index (χ2n) is 5.64. The van der Waals surface area contributed by atoms with Crippen molar-refractivity contribution in [3.8, 4) is 0 Å². The molecular weight excluding hydrogens is 323 g/mol. The standard InChI is InChI=1S/C16H22F3N3O2/c1-3-4-5-8-20-13(23)9-22(2)10-14(24)21-12-7-6-11(17)15(18)16(12)19/h6-7H,3-5,8-10H2,1-2H3,(H,20,23)(H,21,24)/p+1. The number of unbranched alkanes of at least 4 members (excludes halogenated alkanes) is 2. The Morgan fingerprint density at radius 2 is 1.71 bits per heavy atom. The maximum atomic E-state index is 13.5. The molecule has 1 atom stereocenters. The first-order chi connectivity index (χ1) is 11.3. The van der Waals surface area contributed by atoms with Crippen LogP contribution in [0.25, 0.3) is 0 Å². The molecule has 0 spiro atoms. The molecule has 8 heteroatoms. The van der Waals surface area contributed by atoms with Gasteiger partial charge in [-0.2, -0.15) is 0 Å². The van der Waals surface area contributed by atoms with Crippen LogP contribution in [-0.4, -0.2) is 38.5 Å². The van der Waals surface area contributed by atoms with Gasteiger partial charge in [-0.05, 0) is 18.6 Å². The van der Waals surface area contributed by atoms with Gasteiger partial charge < -0.3 is 15.5 Å². The lowest BCUT2D eigenvalue weighted by Crippen LogP contribution is -3.11. The van der Waals surface area contributed by atoms with Crippen molar-refractivity contribution in [2.24, 2.45) is 0 Å². The zero-order valence-corrected chi connectivity index (χ0v) is 13.8. The highest BCUT2D eigenvalue weighted by atomic mass is 19.2. The summed E-state index contributed by atoms with van der Waals surface area (Å²) in [5.74, 6) is -5.20. The topological polar surface area (TPSA) is 62.6 Å². The van der Waals surface area contributed by atoms with Gasteiger partial charge in [0.2, 0.25) is 0 Å². The molecule has 24 heavy (non-hydrogen) atoms. The number of hydrogen-bond acceptors (Lipinski definition) is 2. The molecule has 1 unspecified atom stereocenters. The number of nitrogens with one attached hydrogen (secondary N) is 3. The second-order valence-corrected chi connectivity index (χ2v) is 5.64. The fraction of sp³-hybridized carbons (Fsp3) is 0.500. The van der Waals surface area contributed by atoms with Gasteiger partial charge in [-0.3, -0.25) is 9.59 Å². The Kier molecular flexibility index (Phi) is 8.25. The molecule has 2 amide bonds. The average Bonchev–Trinajstić information content (AvgIpc) is 2.52. The number of rotatable bonds is 9. The molecular formula is C16H23F3N3O2+. The number of carbonyl (C=O) groups excluding carboxylic acids is 2. The Labute approximate surface area is 139 Å². The number of anilines is 1. The first kappa shape index (κ1) is 20.0. The lowest BCUT2D eigenvalue weighted by Gasteiger charge is -2.14. The van der Waals surface area contributed by atoms with Crippen molar-refractivity contribution in [3.05, 3.63) is 29.6 Å². The van der Waals surface area contributed by atoms with E-state index in [0.29, 0.717) is 11.4 Å². The molecule has 0 aliphatic carbocycles. The molecule has 0 radical (unpaired) electrons. The quantitative estimate of drug-likeness (QED) is 0.459. The van der Waals surface area contributed by atoms with Crippen molar-refractivity contribution in [1.82, 2.24) is 5.32 Å². The Morgan fingerprint density at radius 3 is 2.38 bits per heavy atom. The van der Waals surface area contributed by atoms with E-state index in [1.54, 1.807) is 7.05 Å². The molecule has 0 saturated carbocycles. The Bertz CT molecular complexity index is 582. The Morgan fingerprint density at radius 1 is 1.04 bits per heavy atom. The van der Waals surface area contributed by atoms with E-state index < -0.39 is 29.0 Å². The summed E-state index contributed by atoms with van der Waals surface area (Å²) in [6, 6.07) is 1.68. The first-order valence-corrected chi connectivity index (χ1v) is 7.86. The highest BCUT2D eigenvalue weighted by Crippen LogP contribution is 2.19. The number of carbonyl (C=O) groups is 2. The van der Waals surface area contributed by atoms with Gasteiger partial charge in [0, 0.05) is 6.54 Å². The summed E-state index contributed by atoms with van der Waals surface area (Å²) in [4.78, 5) is 24.1. The van der Waals surface area contributed by atoms with Crippen LogP contribution in [0.15, 0.2) is 12.1 Å². The van der Waals surface area contributed by atoms with Crippen molar-refractivity contribution in [2.75, 3.05) is 32.0 Å². The third-order valence-electron chi connectivity index (χ3n) is 3.34. The van der Waals surface area contributed by atoms with Gasteiger partial charge in [0.15, 0.2) is 30.5 Å². The minimum Gasteiger partial charge on any atom is -0.351 e. The summed E-state index contributed by atoms with van der Waals surface area (Å²) in [6.45, 7) is 2.63. The minimum absolute atomic E-state index is 0.0831. The summed E-state index contributed by atoms with van der Waals surface area (Å²) >= 11 is 0. The molecule has 1 aromatic rings. The summed E-state index contributed by atoms with van der Waals surface area (Å²) in [5, 5.41) is 4.92. The highest BCUT2D eigenvalue weighted by molar-refractivity contribution is 5.91. The van der Waals surface area contributed by atoms with Crippen molar-refractivity contribution in [1.29, 1.82) is 0 Å². The van der Waals surface area contributed by atoms with Gasteiger partial charge in [-0.15, -0.1) is 0 Å². The summed E-state index contributed by atoms with van der Waals surface area (Å²) < 4.78 is 39.4. The van der Waals surface area contributed by atoms with Gasteiger partial charge in [-0.25, -0.2) is 13.2 Å². The van der Waals surface area contributed by atoms with E-state index in [0.717, 1.165) is 31.4 Å². The molecule has 0 aromatic heterocycles. The van der Waals surface area contributed by atoms with E-state index in [9.17, 15) is 22.8 Å². The molecule has 0 fully saturated rings. The van der Waals surface area contributed by atoms with Crippen molar-refractivity contribution < 1.29 is 27.7 Å². The van der Waals surface area contributed by atoms with Gasteiger partial charge >= 0.3 is 0 Å². The molecule has 1 aromatic carbocycles. The van der Waals surface area contributed by atoms with Crippen LogP contribution in [0, 0.1) is 17.5 Å². The summed E-state index contributed by atoms with van der Waals surface area (Å²) in [6.07, 6.45) is 2.99. The maximum absolute atomic E-state index is 13.5. The first-order valence-electron chi connectivity index (χ1n) is 7.86. The normalized spacial score (nSPS) is 11.9. The molecule has 5 nitrogen and oxygen atoms in total. The van der Waals surface area contributed by atoms with Crippen LogP contribution in [0.3, 0.4) is 0 Å². The summed E-state index contributed by atoms with van der Waals surface area (Å²) in [7, 11) is 1.63. The zero-order chi connectivity index (χ0) is 18.1. The van der Waals surface area contributed by atoms with Gasteiger partial charge in [-0.1, -0.05) is 19.8 Å². The fourth-order valence-electron chi connectivity index (χ4n) is 2.09. The van der Waals surface area contributed by atoms with Crippen LogP contribution in [0.2, 0.25) is 0 Å². The van der Waals surface area contributed by atoms with Crippen molar-refractivity contribution in [2.45, 2.75) is 26.2 Å². The molecule has 0 aliphatic rings. The van der Waals surface area contributed by atoms with Crippen LogP contribution in [0.4, 0.5) is 18.9 Å². The van der Waals surface area contributed by atoms with Gasteiger partial charge in [0.1, 0.15) is 0 Å². The van der Waals surface area contributed by atoms with E-state index >= 15 is 0 Å². The second kappa shape index (κ2) is 9.92. The molecule has 0 aliphatic heterocycles. The molecule has 0 saturated heterocycles. The molecule has 1 rings (SSSR count). The monoisotopic (exact) mass is 346 g/mol. The average molecular weight is 346 g/mol. The number of amides is 2. The zero-order valence-electron chi connectivity index (χ0n) is 13.8. The minimum atomic E-state index is -1.64. The highest BCUT2D eigenvalue weighted by Gasteiger charge is 2.18. The third-order valence-corrected chi connectivity index (χ3v) is 3.34. The molecule has 0 heterocycles. The predicted octanol–water partition coefficient (Wildman–Crippen LogP) is 0.863. The number of likely N-dealkylation sites (N-methyl/N-ethyl adjacent to an activating group) is 1. The van der Waals surface area contributed by atoms with Crippen molar-refractivity contribution >= 4 is 17.5 Å². The summed E-state index contributed by atoms with van der Waals surface area (Å²) in [5.41, 5.74) is -0.435. The van der Waals surface area contributed by atoms with Crippen LogP contribution >= 0.6 is 0 Å². The van der Waals surface area contributed by atoms with Crippen LogP contribution < -0.4 is 15.5 Å². The maximum Gasteiger partial charge on any atom is 0.279 e. The van der Waals surface area contributed by atoms with Gasteiger partial charge in [0.25, 0.3) is 11.8 Å². The van der Waals surface area contributed by atoms with Crippen LogP contribution in [-0.2, 0) is 9.59 Å². The smallest absolute Gasteiger partial charge is 0.279 e. The number of quaternary nitrogens is 1. The lowest BCUT2D eigenvalue weighted by molar-refractivity contribution is -0.862. The largest absolute Gasteiger partial charge is 0.351 e. The van der Waals surface area contributed by atoms with Gasteiger partial charge in [0.05, 0.1) is 12.7 Å². The van der Waals surface area contributed by atoms with Crippen LogP contribution in [0.5, 0.6) is 0 Å². The van der Waals surface area contributed by atoms with Crippen LogP contribution in [0.1, 0.15) is 26.2 Å². The predicted molar refractivity (Wildman–Crippen MR) is 84.1 cm³/mol. The van der Waals surface area contributed by atoms with E-state index in [1.807, 2.05) is 0 Å². The number of halogens is 3. The SMILES string of the molecule is CCCCCNC(=O)C[NH+](C)CC(=O)Nc1ccc(F)c(F)c1F. The van der Waals surface area contributed by atoms with E-state index in [1.165, 1.54) is 0 Å². The van der Waals surface area contributed by atoms with E-state index in [2.05, 4.69) is 17.6 Å². The van der Waals surface area contributed by atoms with E-state index in [-0.39, 0.29) is 19.0 Å². The Hall–Kier alpha value is -2.09. The molecule has 0 bridgehead atoms.